The quantitative estimate of drug-likeness (QED) is 0.387. The maximum atomic E-state index is 10.8. The minimum atomic E-state index is -1.40. The first-order chi connectivity index (χ1) is 5.49. The van der Waals surface area contributed by atoms with Gasteiger partial charge >= 0.3 is 5.97 Å². The van der Waals surface area contributed by atoms with Gasteiger partial charge in [0.1, 0.15) is 0 Å². The lowest BCUT2D eigenvalue weighted by atomic mass is 10.3. The van der Waals surface area contributed by atoms with Gasteiger partial charge in [-0.05, 0) is 0 Å². The van der Waals surface area contributed by atoms with Crippen molar-refractivity contribution in [2.45, 2.75) is 13.0 Å². The van der Waals surface area contributed by atoms with Crippen LogP contribution in [0.5, 0.6) is 0 Å². The van der Waals surface area contributed by atoms with E-state index >= 15 is 0 Å². The third-order valence-electron chi connectivity index (χ3n) is 1.07. The summed E-state index contributed by atoms with van der Waals surface area (Å²) in [6.07, 6.45) is 0. The van der Waals surface area contributed by atoms with E-state index in [1.807, 2.05) is 5.32 Å². The van der Waals surface area contributed by atoms with Crippen LogP contribution in [0.2, 0.25) is 0 Å². The Hall–Kier alpha value is -1.59. The van der Waals surface area contributed by atoms with Gasteiger partial charge in [0.15, 0.2) is 0 Å². The lowest BCUT2D eigenvalue weighted by Gasteiger charge is -2.10. The molecule has 1 unspecified atom stereocenters. The molecule has 0 heterocycles. The minimum absolute atomic E-state index is 0.524. The number of amides is 2. The molecular weight excluding hydrogens is 164 g/mol. The first-order valence-electron chi connectivity index (χ1n) is 3.13. The van der Waals surface area contributed by atoms with Crippen molar-refractivity contribution in [2.24, 2.45) is 5.73 Å². The van der Waals surface area contributed by atoms with Gasteiger partial charge in [-0.15, -0.1) is 0 Å². The molecule has 0 rings (SSSR count). The van der Waals surface area contributed by atoms with Crippen molar-refractivity contribution < 1.29 is 19.1 Å². The third kappa shape index (κ3) is 3.00. The molecule has 1 atom stereocenters. The largest absolute Gasteiger partial charge is 0.467 e. The van der Waals surface area contributed by atoms with E-state index in [1.54, 1.807) is 0 Å². The normalized spacial score (nSPS) is 11.5. The van der Waals surface area contributed by atoms with Gasteiger partial charge in [0, 0.05) is 6.92 Å². The predicted molar refractivity (Wildman–Crippen MR) is 38.8 cm³/mol. The number of primary amides is 1. The van der Waals surface area contributed by atoms with Crippen LogP contribution in [0.1, 0.15) is 6.92 Å². The number of nitrogens with one attached hydrogen (secondary N) is 1. The molecule has 3 N–H and O–H groups in total. The van der Waals surface area contributed by atoms with Crippen LogP contribution in [0.15, 0.2) is 0 Å². The van der Waals surface area contributed by atoms with Gasteiger partial charge in [0.25, 0.3) is 5.91 Å². The van der Waals surface area contributed by atoms with E-state index in [4.69, 9.17) is 5.73 Å². The van der Waals surface area contributed by atoms with Crippen LogP contribution < -0.4 is 11.1 Å². The Morgan fingerprint density at radius 2 is 1.92 bits per heavy atom. The Balaban J connectivity index is 4.33. The van der Waals surface area contributed by atoms with Crippen LogP contribution in [-0.2, 0) is 19.1 Å². The SMILES string of the molecule is COC(=O)C(NC(C)=O)C(N)=O. The van der Waals surface area contributed by atoms with Crippen LogP contribution in [0, 0.1) is 0 Å². The van der Waals surface area contributed by atoms with Crippen molar-refractivity contribution in [2.75, 3.05) is 7.11 Å². The Morgan fingerprint density at radius 1 is 1.42 bits per heavy atom. The van der Waals surface area contributed by atoms with Crippen molar-refractivity contribution in [3.05, 3.63) is 0 Å². The molecule has 2 amide bonds. The van der Waals surface area contributed by atoms with Crippen LogP contribution in [-0.4, -0.2) is 30.9 Å². The van der Waals surface area contributed by atoms with E-state index in [-0.39, 0.29) is 0 Å². The average Bonchev–Trinajstić information content (AvgIpc) is 1.98. The Kier molecular flexibility index (Phi) is 3.75. The molecule has 0 spiro atoms. The second kappa shape index (κ2) is 4.32. The number of methoxy groups -OCH3 is 1. The number of esters is 1. The highest BCUT2D eigenvalue weighted by Gasteiger charge is 2.25. The van der Waals surface area contributed by atoms with Crippen LogP contribution in [0.4, 0.5) is 0 Å². The molecule has 0 bridgehead atoms. The second-order valence-electron chi connectivity index (χ2n) is 2.06. The molecule has 0 aliphatic heterocycles. The maximum absolute atomic E-state index is 10.8. The van der Waals surface area contributed by atoms with E-state index in [1.165, 1.54) is 6.92 Å². The highest BCUT2D eigenvalue weighted by Crippen LogP contribution is 1.86. The molecule has 68 valence electrons. The van der Waals surface area contributed by atoms with E-state index in [0.29, 0.717) is 0 Å². The number of ether oxygens (including phenoxy) is 1. The van der Waals surface area contributed by atoms with Gasteiger partial charge in [0.2, 0.25) is 11.9 Å². The predicted octanol–water partition coefficient (Wildman–Crippen LogP) is -1.85. The summed E-state index contributed by atoms with van der Waals surface area (Å²) in [6, 6.07) is -1.40. The van der Waals surface area contributed by atoms with Crippen molar-refractivity contribution >= 4 is 17.8 Å². The first-order valence-corrected chi connectivity index (χ1v) is 3.13. The van der Waals surface area contributed by atoms with Gasteiger partial charge < -0.3 is 15.8 Å². The summed E-state index contributed by atoms with van der Waals surface area (Å²) in [5, 5.41) is 2.04. The zero-order chi connectivity index (χ0) is 9.72. The molecule has 0 saturated heterocycles. The van der Waals surface area contributed by atoms with E-state index in [0.717, 1.165) is 7.11 Å². The number of carbonyl (C=O) groups is 3. The van der Waals surface area contributed by atoms with Crippen LogP contribution >= 0.6 is 0 Å². The zero-order valence-corrected chi connectivity index (χ0v) is 6.79. The fourth-order valence-electron chi connectivity index (χ4n) is 0.567. The third-order valence-corrected chi connectivity index (χ3v) is 1.07. The second-order valence-corrected chi connectivity index (χ2v) is 2.06. The maximum Gasteiger partial charge on any atom is 0.338 e. The Morgan fingerprint density at radius 3 is 2.17 bits per heavy atom. The van der Waals surface area contributed by atoms with Crippen molar-refractivity contribution in [3.63, 3.8) is 0 Å². The van der Waals surface area contributed by atoms with E-state index < -0.39 is 23.8 Å². The van der Waals surface area contributed by atoms with Crippen molar-refractivity contribution in [3.8, 4) is 0 Å². The zero-order valence-electron chi connectivity index (χ0n) is 6.79. The number of nitrogens with two attached hydrogens (primary N) is 1. The molecule has 6 heteroatoms. The van der Waals surface area contributed by atoms with Gasteiger partial charge in [-0.1, -0.05) is 0 Å². The number of rotatable bonds is 3. The molecule has 0 radical (unpaired) electrons. The molecule has 0 aliphatic rings. The van der Waals surface area contributed by atoms with Gasteiger partial charge in [0.05, 0.1) is 7.11 Å². The van der Waals surface area contributed by atoms with Crippen molar-refractivity contribution in [1.82, 2.24) is 5.32 Å². The molecular formula is C6H10N2O4. The smallest absolute Gasteiger partial charge is 0.338 e. The van der Waals surface area contributed by atoms with Crippen molar-refractivity contribution in [1.29, 1.82) is 0 Å². The highest BCUT2D eigenvalue weighted by atomic mass is 16.5. The number of hydrogen-bond acceptors (Lipinski definition) is 4. The summed E-state index contributed by atoms with van der Waals surface area (Å²) in [4.78, 5) is 31.7. The summed E-state index contributed by atoms with van der Waals surface area (Å²) in [7, 11) is 1.10. The highest BCUT2D eigenvalue weighted by molar-refractivity contribution is 6.03. The molecule has 0 saturated carbocycles. The number of carbonyl (C=O) groups excluding carboxylic acids is 3. The van der Waals surface area contributed by atoms with E-state index in [9.17, 15) is 14.4 Å². The van der Waals surface area contributed by atoms with Crippen LogP contribution in [0.3, 0.4) is 0 Å². The minimum Gasteiger partial charge on any atom is -0.467 e. The molecule has 0 aliphatic carbocycles. The molecule has 6 nitrogen and oxygen atoms in total. The number of hydrogen-bond donors (Lipinski definition) is 2. The Labute approximate surface area is 69.1 Å². The molecule has 12 heavy (non-hydrogen) atoms. The summed E-state index contributed by atoms with van der Waals surface area (Å²) in [5.74, 6) is -2.35. The van der Waals surface area contributed by atoms with Crippen LogP contribution in [0.25, 0.3) is 0 Å². The van der Waals surface area contributed by atoms with Gasteiger partial charge in [-0.3, -0.25) is 9.59 Å². The molecule has 0 aromatic heterocycles. The topological polar surface area (TPSA) is 98.5 Å². The monoisotopic (exact) mass is 174 g/mol. The Bertz CT molecular complexity index is 214. The fraction of sp³-hybridized carbons (Fsp3) is 0.500. The summed E-state index contributed by atoms with van der Waals surface area (Å²) in [6.45, 7) is 1.17. The molecule has 0 fully saturated rings. The first kappa shape index (κ1) is 10.4. The standard InChI is InChI=1S/C6H10N2O4/c1-3(9)8-4(5(7)10)6(11)12-2/h4H,1-2H3,(H2,7,10)(H,8,9). The summed E-state index contributed by atoms with van der Waals surface area (Å²) >= 11 is 0. The summed E-state index contributed by atoms with van der Waals surface area (Å²) < 4.78 is 4.22. The average molecular weight is 174 g/mol. The van der Waals surface area contributed by atoms with Gasteiger partial charge in [-0.2, -0.15) is 0 Å². The van der Waals surface area contributed by atoms with E-state index in [2.05, 4.69) is 4.74 Å². The lowest BCUT2D eigenvalue weighted by Crippen LogP contribution is -2.49. The molecule has 0 aromatic carbocycles. The molecule has 0 aromatic rings. The lowest BCUT2D eigenvalue weighted by molar-refractivity contribution is -0.148. The fourth-order valence-corrected chi connectivity index (χ4v) is 0.567. The van der Waals surface area contributed by atoms with Gasteiger partial charge in [-0.25, -0.2) is 4.79 Å². The summed E-state index contributed by atoms with van der Waals surface area (Å²) in [5.41, 5.74) is 4.81.